The first-order chi connectivity index (χ1) is 10.5. The summed E-state index contributed by atoms with van der Waals surface area (Å²) in [5.74, 6) is 0.337. The summed E-state index contributed by atoms with van der Waals surface area (Å²) >= 11 is 0. The van der Waals surface area contributed by atoms with E-state index in [1.165, 1.54) is 6.92 Å². The van der Waals surface area contributed by atoms with Gasteiger partial charge in [0.2, 0.25) is 5.91 Å². The first-order valence-corrected chi connectivity index (χ1v) is 7.04. The summed E-state index contributed by atoms with van der Waals surface area (Å²) in [7, 11) is 0. The van der Waals surface area contributed by atoms with Crippen LogP contribution in [0.3, 0.4) is 0 Å². The van der Waals surface area contributed by atoms with E-state index in [0.717, 1.165) is 22.5 Å². The Kier molecular flexibility index (Phi) is 4.93. The zero-order valence-corrected chi connectivity index (χ0v) is 12.7. The van der Waals surface area contributed by atoms with Crippen LogP contribution in [0.5, 0.6) is 0 Å². The van der Waals surface area contributed by atoms with E-state index in [9.17, 15) is 9.59 Å². The van der Waals surface area contributed by atoms with Gasteiger partial charge in [-0.05, 0) is 31.5 Å². The normalized spacial score (nSPS) is 10.5. The highest BCUT2D eigenvalue weighted by atomic mass is 16.5. The van der Waals surface area contributed by atoms with Gasteiger partial charge in [-0.1, -0.05) is 6.58 Å². The number of hydrogen-bond donors (Lipinski definition) is 2. The molecule has 0 unspecified atom stereocenters. The average molecular weight is 301 g/mol. The predicted molar refractivity (Wildman–Crippen MR) is 84.5 cm³/mol. The first-order valence-electron chi connectivity index (χ1n) is 7.04. The van der Waals surface area contributed by atoms with Gasteiger partial charge < -0.3 is 15.0 Å². The average Bonchev–Trinajstić information content (AvgIpc) is 2.84. The summed E-state index contributed by atoms with van der Waals surface area (Å²) in [6, 6.07) is 5.50. The molecule has 0 spiro atoms. The molecule has 116 valence electrons. The predicted octanol–water partition coefficient (Wildman–Crippen LogP) is 2.57. The fraction of sp³-hybridized carbons (Fsp3) is 0.312. The van der Waals surface area contributed by atoms with Crippen LogP contribution in [0.25, 0.3) is 11.0 Å². The second-order valence-corrected chi connectivity index (χ2v) is 5.12. The lowest BCUT2D eigenvalue weighted by Gasteiger charge is -2.02. The molecule has 1 heterocycles. The number of benzene rings is 1. The van der Waals surface area contributed by atoms with Crippen molar-refractivity contribution in [1.82, 2.24) is 9.97 Å². The largest absolute Gasteiger partial charge is 0.462 e. The zero-order chi connectivity index (χ0) is 16.1. The summed E-state index contributed by atoms with van der Waals surface area (Å²) < 4.78 is 5.03. The molecule has 0 aliphatic heterocycles. The van der Waals surface area contributed by atoms with E-state index in [1.807, 2.05) is 18.2 Å². The number of fused-ring (bicyclic) bond motifs is 1. The number of carbonyl (C=O) groups excluding carboxylic acids is 2. The number of hydrogen-bond acceptors (Lipinski definition) is 4. The lowest BCUT2D eigenvalue weighted by Crippen LogP contribution is -2.07. The maximum atomic E-state index is 11.2. The minimum atomic E-state index is -0.371. The van der Waals surface area contributed by atoms with E-state index in [-0.39, 0.29) is 11.9 Å². The standard InChI is InChI=1S/C16H19N3O3/c1-10(2)16(21)22-8-4-5-15-18-13-7-6-12(17-11(3)20)9-14(13)19-15/h6-7,9H,1,4-5,8H2,2-3H3,(H,17,20)(H,18,19). The minimum absolute atomic E-state index is 0.113. The molecule has 22 heavy (non-hydrogen) atoms. The lowest BCUT2D eigenvalue weighted by molar-refractivity contribution is -0.139. The van der Waals surface area contributed by atoms with Crippen molar-refractivity contribution in [2.45, 2.75) is 26.7 Å². The van der Waals surface area contributed by atoms with Gasteiger partial charge in [0, 0.05) is 24.6 Å². The fourth-order valence-corrected chi connectivity index (χ4v) is 1.99. The van der Waals surface area contributed by atoms with Crippen molar-refractivity contribution in [1.29, 1.82) is 0 Å². The monoisotopic (exact) mass is 301 g/mol. The molecule has 0 radical (unpaired) electrons. The quantitative estimate of drug-likeness (QED) is 0.488. The topological polar surface area (TPSA) is 84.1 Å². The molecule has 1 amide bonds. The zero-order valence-electron chi connectivity index (χ0n) is 12.7. The highest BCUT2D eigenvalue weighted by molar-refractivity contribution is 5.91. The molecule has 6 nitrogen and oxygen atoms in total. The van der Waals surface area contributed by atoms with Crippen molar-refractivity contribution >= 4 is 28.6 Å². The Balaban J connectivity index is 1.93. The summed E-state index contributed by atoms with van der Waals surface area (Å²) in [5.41, 5.74) is 2.82. The molecule has 1 aromatic heterocycles. The molecule has 0 fully saturated rings. The van der Waals surface area contributed by atoms with E-state index < -0.39 is 0 Å². The highest BCUT2D eigenvalue weighted by Gasteiger charge is 2.06. The van der Waals surface area contributed by atoms with E-state index >= 15 is 0 Å². The smallest absolute Gasteiger partial charge is 0.333 e. The Hall–Kier alpha value is -2.63. The number of aryl methyl sites for hydroxylation is 1. The van der Waals surface area contributed by atoms with Crippen LogP contribution in [0.4, 0.5) is 5.69 Å². The van der Waals surface area contributed by atoms with Crippen LogP contribution < -0.4 is 5.32 Å². The SMILES string of the molecule is C=C(C)C(=O)OCCCc1nc2ccc(NC(C)=O)cc2[nH]1. The molecular formula is C16H19N3O3. The molecule has 0 aliphatic rings. The third kappa shape index (κ3) is 4.18. The number of nitrogens with one attached hydrogen (secondary N) is 2. The minimum Gasteiger partial charge on any atom is -0.462 e. The van der Waals surface area contributed by atoms with Gasteiger partial charge in [-0.25, -0.2) is 9.78 Å². The maximum absolute atomic E-state index is 11.2. The third-order valence-corrected chi connectivity index (χ3v) is 2.99. The van der Waals surface area contributed by atoms with Crippen molar-refractivity contribution in [2.75, 3.05) is 11.9 Å². The molecule has 0 saturated carbocycles. The van der Waals surface area contributed by atoms with Gasteiger partial charge in [0.1, 0.15) is 5.82 Å². The Morgan fingerprint density at radius 3 is 2.82 bits per heavy atom. The van der Waals surface area contributed by atoms with Crippen molar-refractivity contribution in [3.8, 4) is 0 Å². The van der Waals surface area contributed by atoms with E-state index in [2.05, 4.69) is 21.9 Å². The Morgan fingerprint density at radius 2 is 2.14 bits per heavy atom. The number of aromatic nitrogens is 2. The second kappa shape index (κ2) is 6.89. The molecule has 2 rings (SSSR count). The van der Waals surface area contributed by atoms with Crippen molar-refractivity contribution < 1.29 is 14.3 Å². The summed E-state index contributed by atoms with van der Waals surface area (Å²) in [6.07, 6.45) is 1.35. The molecule has 0 bridgehead atoms. The molecule has 2 aromatic rings. The van der Waals surface area contributed by atoms with Gasteiger partial charge in [-0.15, -0.1) is 0 Å². The van der Waals surface area contributed by atoms with Crippen LogP contribution in [-0.2, 0) is 20.7 Å². The van der Waals surface area contributed by atoms with Crippen LogP contribution >= 0.6 is 0 Å². The molecule has 0 atom stereocenters. The summed E-state index contributed by atoms with van der Waals surface area (Å²) in [5, 5.41) is 2.73. The van der Waals surface area contributed by atoms with Crippen molar-refractivity contribution in [2.24, 2.45) is 0 Å². The number of esters is 1. The molecule has 0 saturated heterocycles. The maximum Gasteiger partial charge on any atom is 0.333 e. The second-order valence-electron chi connectivity index (χ2n) is 5.12. The van der Waals surface area contributed by atoms with E-state index in [0.29, 0.717) is 25.0 Å². The molecule has 0 aliphatic carbocycles. The van der Waals surface area contributed by atoms with Crippen LogP contribution in [0.15, 0.2) is 30.4 Å². The van der Waals surface area contributed by atoms with E-state index in [1.54, 1.807) is 6.92 Å². The molecular weight excluding hydrogens is 282 g/mol. The Morgan fingerprint density at radius 1 is 1.36 bits per heavy atom. The fourth-order valence-electron chi connectivity index (χ4n) is 1.99. The number of rotatable bonds is 6. The summed E-state index contributed by atoms with van der Waals surface area (Å²) in [4.78, 5) is 29.9. The Labute approximate surface area is 128 Å². The third-order valence-electron chi connectivity index (χ3n) is 2.99. The van der Waals surface area contributed by atoms with Gasteiger partial charge in [0.25, 0.3) is 0 Å². The Bertz CT molecular complexity index is 718. The number of amides is 1. The van der Waals surface area contributed by atoms with Crippen LogP contribution in [0.2, 0.25) is 0 Å². The summed E-state index contributed by atoms with van der Waals surface area (Å²) in [6.45, 7) is 6.95. The number of H-pyrrole nitrogens is 1. The lowest BCUT2D eigenvalue weighted by atomic mass is 10.3. The van der Waals surface area contributed by atoms with E-state index in [4.69, 9.17) is 4.74 Å². The van der Waals surface area contributed by atoms with Crippen LogP contribution in [0, 0.1) is 0 Å². The molecule has 6 heteroatoms. The van der Waals surface area contributed by atoms with Crippen LogP contribution in [0.1, 0.15) is 26.1 Å². The van der Waals surface area contributed by atoms with Gasteiger partial charge in [0.15, 0.2) is 0 Å². The number of ether oxygens (including phenoxy) is 1. The number of carbonyl (C=O) groups is 2. The number of imidazole rings is 1. The van der Waals surface area contributed by atoms with Gasteiger partial charge in [0.05, 0.1) is 17.6 Å². The van der Waals surface area contributed by atoms with Crippen LogP contribution in [-0.4, -0.2) is 28.5 Å². The first kappa shape index (κ1) is 15.8. The van der Waals surface area contributed by atoms with Crippen molar-refractivity contribution in [3.05, 3.63) is 36.2 Å². The molecule has 2 N–H and O–H groups in total. The number of anilines is 1. The van der Waals surface area contributed by atoms with Gasteiger partial charge >= 0.3 is 5.97 Å². The van der Waals surface area contributed by atoms with Gasteiger partial charge in [-0.3, -0.25) is 4.79 Å². The van der Waals surface area contributed by atoms with Gasteiger partial charge in [-0.2, -0.15) is 0 Å². The number of aromatic amines is 1. The molecule has 1 aromatic carbocycles. The highest BCUT2D eigenvalue weighted by Crippen LogP contribution is 2.17. The van der Waals surface area contributed by atoms with Crippen molar-refractivity contribution in [3.63, 3.8) is 0 Å². The number of nitrogens with zero attached hydrogens (tertiary/aromatic N) is 1.